The molecule has 138 valence electrons. The van der Waals surface area contributed by atoms with E-state index < -0.39 is 0 Å². The number of ether oxygens (including phenoxy) is 1. The molecule has 0 saturated carbocycles. The summed E-state index contributed by atoms with van der Waals surface area (Å²) in [6.45, 7) is 2.17. The Labute approximate surface area is 148 Å². The lowest BCUT2D eigenvalue weighted by atomic mass is 10.1. The van der Waals surface area contributed by atoms with Crippen molar-refractivity contribution in [3.05, 3.63) is 36.5 Å². The zero-order valence-electron chi connectivity index (χ0n) is 15.6. The van der Waals surface area contributed by atoms with Gasteiger partial charge in [-0.25, -0.2) is 0 Å². The fourth-order valence-electron chi connectivity index (χ4n) is 2.29. The number of hydrogen-bond donors (Lipinski definition) is 1. The molecule has 1 N–H and O–H groups in total. The number of aliphatic hydroxyl groups excluding tert-OH is 1. The van der Waals surface area contributed by atoms with Crippen molar-refractivity contribution in [1.29, 1.82) is 0 Å². The van der Waals surface area contributed by atoms with Gasteiger partial charge in [0, 0.05) is 6.42 Å². The molecule has 0 saturated heterocycles. The summed E-state index contributed by atoms with van der Waals surface area (Å²) >= 11 is 0. The Hall–Kier alpha value is -1.35. The molecule has 0 amide bonds. The third-order valence-electron chi connectivity index (χ3n) is 3.82. The van der Waals surface area contributed by atoms with Gasteiger partial charge in [-0.2, -0.15) is 0 Å². The molecule has 0 radical (unpaired) electrons. The number of carbonyl (C=O) groups excluding carboxylic acids is 1. The Morgan fingerprint density at radius 2 is 1.62 bits per heavy atom. The second-order valence-electron chi connectivity index (χ2n) is 6.10. The van der Waals surface area contributed by atoms with E-state index in [0.29, 0.717) is 6.42 Å². The van der Waals surface area contributed by atoms with E-state index in [1.807, 2.05) is 18.2 Å². The standard InChI is InChI=1S/C21H36O3/c1-3-4-14-17-20(22)18-15-12-10-8-6-5-7-9-11-13-16-19-21(23)24-2/h9-12,15,18,20,22H,3-8,13-14,16-17,19H2,1-2H3/b11-9-,12-10-,18-15+. The van der Waals surface area contributed by atoms with Crippen LogP contribution in [0.4, 0.5) is 0 Å². The van der Waals surface area contributed by atoms with Crippen LogP contribution in [0.15, 0.2) is 36.5 Å². The smallest absolute Gasteiger partial charge is 0.305 e. The number of esters is 1. The van der Waals surface area contributed by atoms with Crippen LogP contribution in [0.2, 0.25) is 0 Å². The Bertz CT molecular complexity index is 369. The van der Waals surface area contributed by atoms with Gasteiger partial charge in [0.1, 0.15) is 0 Å². The molecule has 0 aromatic carbocycles. The van der Waals surface area contributed by atoms with E-state index >= 15 is 0 Å². The van der Waals surface area contributed by atoms with Crippen molar-refractivity contribution < 1.29 is 14.6 Å². The van der Waals surface area contributed by atoms with Gasteiger partial charge >= 0.3 is 5.97 Å². The van der Waals surface area contributed by atoms with Crippen molar-refractivity contribution in [2.75, 3.05) is 7.11 Å². The number of allylic oxidation sites excluding steroid dienone is 5. The molecule has 1 atom stereocenters. The fraction of sp³-hybridized carbons (Fsp3) is 0.667. The van der Waals surface area contributed by atoms with Crippen molar-refractivity contribution in [2.45, 2.75) is 83.7 Å². The molecule has 0 bridgehead atoms. The number of aliphatic hydroxyl groups is 1. The number of methoxy groups -OCH3 is 1. The number of hydrogen-bond acceptors (Lipinski definition) is 3. The predicted molar refractivity (Wildman–Crippen MR) is 102 cm³/mol. The van der Waals surface area contributed by atoms with Crippen molar-refractivity contribution in [3.8, 4) is 0 Å². The summed E-state index contributed by atoms with van der Waals surface area (Å²) in [6.07, 6.45) is 23.3. The van der Waals surface area contributed by atoms with Gasteiger partial charge in [0.25, 0.3) is 0 Å². The number of rotatable bonds is 15. The average molecular weight is 337 g/mol. The van der Waals surface area contributed by atoms with Crippen molar-refractivity contribution in [3.63, 3.8) is 0 Å². The molecule has 0 aliphatic heterocycles. The van der Waals surface area contributed by atoms with E-state index in [4.69, 9.17) is 0 Å². The minimum Gasteiger partial charge on any atom is -0.469 e. The average Bonchev–Trinajstić information content (AvgIpc) is 2.58. The molecule has 3 heteroatoms. The predicted octanol–water partition coefficient (Wildman–Crippen LogP) is 5.50. The second-order valence-corrected chi connectivity index (χ2v) is 6.10. The Kier molecular flexibility index (Phi) is 17.0. The van der Waals surface area contributed by atoms with E-state index in [2.05, 4.69) is 29.9 Å². The summed E-state index contributed by atoms with van der Waals surface area (Å²) < 4.78 is 4.60. The van der Waals surface area contributed by atoms with E-state index in [9.17, 15) is 9.90 Å². The van der Waals surface area contributed by atoms with E-state index in [0.717, 1.165) is 38.5 Å². The summed E-state index contributed by atoms with van der Waals surface area (Å²) in [5, 5.41) is 9.73. The molecular weight excluding hydrogens is 300 g/mol. The second kappa shape index (κ2) is 18.0. The van der Waals surface area contributed by atoms with Crippen LogP contribution in [0.5, 0.6) is 0 Å². The SMILES string of the molecule is CCCCCC(O)/C=C/C=C\CCCC/C=C\CCCC(=O)OC. The molecule has 0 rings (SSSR count). The summed E-state index contributed by atoms with van der Waals surface area (Å²) in [5.74, 6) is -0.127. The van der Waals surface area contributed by atoms with Gasteiger partial charge in [0.15, 0.2) is 0 Å². The Balaban J connectivity index is 3.44. The molecule has 0 fully saturated rings. The van der Waals surface area contributed by atoms with Gasteiger partial charge in [-0.05, 0) is 44.9 Å². The van der Waals surface area contributed by atoms with Crippen LogP contribution >= 0.6 is 0 Å². The minimum absolute atomic E-state index is 0.127. The molecule has 0 spiro atoms. The van der Waals surface area contributed by atoms with E-state index in [-0.39, 0.29) is 12.1 Å². The van der Waals surface area contributed by atoms with Crippen LogP contribution < -0.4 is 0 Å². The first-order chi connectivity index (χ1) is 11.7. The maximum atomic E-state index is 10.9. The number of carbonyl (C=O) groups is 1. The lowest BCUT2D eigenvalue weighted by Gasteiger charge is -2.03. The quantitative estimate of drug-likeness (QED) is 0.186. The molecule has 0 heterocycles. The largest absolute Gasteiger partial charge is 0.469 e. The van der Waals surface area contributed by atoms with Crippen molar-refractivity contribution in [2.24, 2.45) is 0 Å². The third-order valence-corrected chi connectivity index (χ3v) is 3.82. The summed E-state index contributed by atoms with van der Waals surface area (Å²) in [5.41, 5.74) is 0. The molecule has 0 aromatic heterocycles. The van der Waals surface area contributed by atoms with Gasteiger partial charge in [-0.1, -0.05) is 62.6 Å². The molecule has 24 heavy (non-hydrogen) atoms. The highest BCUT2D eigenvalue weighted by Crippen LogP contribution is 2.06. The first-order valence-corrected chi connectivity index (χ1v) is 9.44. The highest BCUT2D eigenvalue weighted by atomic mass is 16.5. The van der Waals surface area contributed by atoms with Crippen LogP contribution in [0.25, 0.3) is 0 Å². The monoisotopic (exact) mass is 336 g/mol. The molecule has 1 unspecified atom stereocenters. The first kappa shape index (κ1) is 22.6. The molecule has 0 aliphatic rings. The van der Waals surface area contributed by atoms with Crippen molar-refractivity contribution in [1.82, 2.24) is 0 Å². The maximum Gasteiger partial charge on any atom is 0.305 e. The maximum absolute atomic E-state index is 10.9. The highest BCUT2D eigenvalue weighted by Gasteiger charge is 1.97. The van der Waals surface area contributed by atoms with Crippen LogP contribution in [0, 0.1) is 0 Å². The normalized spacial score (nSPS) is 13.3. The summed E-state index contributed by atoms with van der Waals surface area (Å²) in [6, 6.07) is 0. The van der Waals surface area contributed by atoms with Crippen LogP contribution in [-0.2, 0) is 9.53 Å². The van der Waals surface area contributed by atoms with Gasteiger partial charge in [0.2, 0.25) is 0 Å². The molecule has 0 aromatic rings. The van der Waals surface area contributed by atoms with Gasteiger partial charge in [-0.15, -0.1) is 0 Å². The minimum atomic E-state index is -0.300. The Morgan fingerprint density at radius 1 is 0.958 bits per heavy atom. The van der Waals surface area contributed by atoms with Crippen LogP contribution in [0.3, 0.4) is 0 Å². The Morgan fingerprint density at radius 3 is 2.29 bits per heavy atom. The molecule has 0 aliphatic carbocycles. The fourth-order valence-corrected chi connectivity index (χ4v) is 2.29. The van der Waals surface area contributed by atoms with Gasteiger partial charge in [0.05, 0.1) is 13.2 Å². The zero-order valence-corrected chi connectivity index (χ0v) is 15.6. The summed E-state index contributed by atoms with van der Waals surface area (Å²) in [7, 11) is 1.43. The van der Waals surface area contributed by atoms with Crippen molar-refractivity contribution >= 4 is 5.97 Å². The van der Waals surface area contributed by atoms with E-state index in [1.54, 1.807) is 0 Å². The number of unbranched alkanes of at least 4 members (excludes halogenated alkanes) is 6. The lowest BCUT2D eigenvalue weighted by molar-refractivity contribution is -0.140. The summed E-state index contributed by atoms with van der Waals surface area (Å²) in [4.78, 5) is 10.9. The third kappa shape index (κ3) is 17.0. The van der Waals surface area contributed by atoms with Gasteiger partial charge in [-0.3, -0.25) is 4.79 Å². The molecular formula is C21H36O3. The highest BCUT2D eigenvalue weighted by molar-refractivity contribution is 5.68. The van der Waals surface area contributed by atoms with Gasteiger partial charge < -0.3 is 9.84 Å². The molecule has 3 nitrogen and oxygen atoms in total. The first-order valence-electron chi connectivity index (χ1n) is 9.44. The van der Waals surface area contributed by atoms with E-state index in [1.165, 1.54) is 32.8 Å². The topological polar surface area (TPSA) is 46.5 Å². The lowest BCUT2D eigenvalue weighted by Crippen LogP contribution is -2.00. The van der Waals surface area contributed by atoms with Crippen LogP contribution in [-0.4, -0.2) is 24.3 Å². The zero-order chi connectivity index (χ0) is 17.9. The van der Waals surface area contributed by atoms with Crippen LogP contribution in [0.1, 0.15) is 77.6 Å².